The molecule has 2 unspecified atom stereocenters. The summed E-state index contributed by atoms with van der Waals surface area (Å²) in [5, 5.41) is 2.30. The van der Waals surface area contributed by atoms with E-state index in [0.717, 1.165) is 4.90 Å². The van der Waals surface area contributed by atoms with Gasteiger partial charge in [-0.25, -0.2) is 0 Å². The summed E-state index contributed by atoms with van der Waals surface area (Å²) in [7, 11) is 1.39. The van der Waals surface area contributed by atoms with Crippen molar-refractivity contribution in [3.8, 4) is 0 Å². The maximum absolute atomic E-state index is 12.9. The second-order valence-corrected chi connectivity index (χ2v) is 3.79. The number of nitrogens with two attached hydrogens (primary N) is 1. The highest BCUT2D eigenvalue weighted by atomic mass is 19.4. The van der Waals surface area contributed by atoms with Crippen LogP contribution in [0.3, 0.4) is 0 Å². The Hall–Kier alpha value is -0.820. The van der Waals surface area contributed by atoms with E-state index in [9.17, 15) is 18.0 Å². The average molecular weight is 255 g/mol. The first-order valence-electron chi connectivity index (χ1n) is 5.54. The molecule has 7 heteroatoms. The van der Waals surface area contributed by atoms with E-state index in [-0.39, 0.29) is 19.5 Å². The van der Waals surface area contributed by atoms with Gasteiger partial charge in [-0.15, -0.1) is 0 Å². The molecule has 0 radical (unpaired) electrons. The Morgan fingerprint density at radius 1 is 1.41 bits per heavy atom. The molecule has 0 saturated heterocycles. The Bertz CT molecular complexity index is 245. The number of halogens is 3. The summed E-state index contributed by atoms with van der Waals surface area (Å²) in [6.07, 6.45) is -4.23. The van der Waals surface area contributed by atoms with Crippen molar-refractivity contribution in [2.75, 3.05) is 20.1 Å². The number of rotatable bonds is 6. The van der Waals surface area contributed by atoms with Crippen LogP contribution in [0, 0.1) is 0 Å². The number of nitrogens with zero attached hydrogens (tertiary/aromatic N) is 1. The van der Waals surface area contributed by atoms with Crippen LogP contribution in [0.15, 0.2) is 0 Å². The molecule has 0 aromatic carbocycles. The van der Waals surface area contributed by atoms with Gasteiger partial charge in [-0.2, -0.15) is 13.2 Å². The topological polar surface area (TPSA) is 58.4 Å². The van der Waals surface area contributed by atoms with Crippen LogP contribution in [0.5, 0.6) is 0 Å². The molecule has 3 N–H and O–H groups in total. The monoisotopic (exact) mass is 255 g/mol. The number of hydrogen-bond acceptors (Lipinski definition) is 3. The molecule has 4 nitrogen and oxygen atoms in total. The molecule has 0 bridgehead atoms. The third-order valence-electron chi connectivity index (χ3n) is 2.64. The zero-order valence-electron chi connectivity index (χ0n) is 10.3. The second-order valence-electron chi connectivity index (χ2n) is 3.79. The van der Waals surface area contributed by atoms with Gasteiger partial charge in [-0.1, -0.05) is 13.8 Å². The molecule has 17 heavy (non-hydrogen) atoms. The third-order valence-corrected chi connectivity index (χ3v) is 2.64. The van der Waals surface area contributed by atoms with Crippen molar-refractivity contribution >= 4 is 5.91 Å². The van der Waals surface area contributed by atoms with Crippen molar-refractivity contribution in [3.63, 3.8) is 0 Å². The van der Waals surface area contributed by atoms with Gasteiger partial charge in [-0.05, 0) is 13.0 Å². The van der Waals surface area contributed by atoms with Gasteiger partial charge in [-0.3, -0.25) is 9.69 Å². The summed E-state index contributed by atoms with van der Waals surface area (Å²) in [5.74, 6) is -0.454. The van der Waals surface area contributed by atoms with Crippen molar-refractivity contribution in [1.82, 2.24) is 10.2 Å². The van der Waals surface area contributed by atoms with E-state index in [1.807, 2.05) is 0 Å². The molecule has 0 aliphatic rings. The number of carbonyl (C=O) groups excluding carboxylic acids is 1. The lowest BCUT2D eigenvalue weighted by Crippen LogP contribution is -2.57. The quantitative estimate of drug-likeness (QED) is 0.735. The van der Waals surface area contributed by atoms with E-state index in [4.69, 9.17) is 5.73 Å². The van der Waals surface area contributed by atoms with Crippen molar-refractivity contribution < 1.29 is 18.0 Å². The second kappa shape index (κ2) is 6.80. The van der Waals surface area contributed by atoms with Gasteiger partial charge in [0, 0.05) is 13.1 Å². The van der Waals surface area contributed by atoms with E-state index < -0.39 is 24.2 Å². The minimum atomic E-state index is -4.43. The molecule has 0 heterocycles. The Balaban J connectivity index is 4.92. The Morgan fingerprint density at radius 2 is 1.94 bits per heavy atom. The Kier molecular flexibility index (Phi) is 6.48. The Labute approximate surface area is 99.3 Å². The molecule has 0 saturated carbocycles. The van der Waals surface area contributed by atoms with E-state index in [1.54, 1.807) is 13.8 Å². The summed E-state index contributed by atoms with van der Waals surface area (Å²) in [6, 6.07) is -2.81. The van der Waals surface area contributed by atoms with Crippen molar-refractivity contribution in [3.05, 3.63) is 0 Å². The fourth-order valence-electron chi connectivity index (χ4n) is 1.61. The number of carbonyl (C=O) groups is 1. The van der Waals surface area contributed by atoms with Crippen LogP contribution in [0.25, 0.3) is 0 Å². The number of nitrogens with one attached hydrogen (secondary N) is 1. The normalized spacial score (nSPS) is 15.8. The van der Waals surface area contributed by atoms with Crippen LogP contribution >= 0.6 is 0 Å². The van der Waals surface area contributed by atoms with Gasteiger partial charge in [0.15, 0.2) is 0 Å². The maximum Gasteiger partial charge on any atom is 0.405 e. The molecule has 102 valence electrons. The van der Waals surface area contributed by atoms with Crippen LogP contribution in [0.4, 0.5) is 13.2 Å². The molecule has 0 aromatic heterocycles. The molecule has 0 fully saturated rings. The van der Waals surface area contributed by atoms with Gasteiger partial charge in [0.1, 0.15) is 6.04 Å². The van der Waals surface area contributed by atoms with E-state index in [0.29, 0.717) is 0 Å². The number of hydrogen-bond donors (Lipinski definition) is 2. The smallest absolute Gasteiger partial charge is 0.358 e. The highest BCUT2D eigenvalue weighted by Gasteiger charge is 2.46. The molecule has 0 rings (SSSR count). The van der Waals surface area contributed by atoms with Gasteiger partial charge >= 0.3 is 6.18 Å². The van der Waals surface area contributed by atoms with E-state index in [2.05, 4.69) is 5.32 Å². The highest BCUT2D eigenvalue weighted by Crippen LogP contribution is 2.27. The van der Waals surface area contributed by atoms with Crippen molar-refractivity contribution in [2.45, 2.75) is 38.5 Å². The lowest BCUT2D eigenvalue weighted by Gasteiger charge is -2.35. The number of amides is 1. The minimum Gasteiger partial charge on any atom is -0.358 e. The first-order chi connectivity index (χ1) is 7.77. The van der Waals surface area contributed by atoms with Gasteiger partial charge in [0.2, 0.25) is 5.91 Å². The summed E-state index contributed by atoms with van der Waals surface area (Å²) in [5.41, 5.74) is 5.50. The fourth-order valence-corrected chi connectivity index (χ4v) is 1.61. The summed E-state index contributed by atoms with van der Waals surface area (Å²) >= 11 is 0. The minimum absolute atomic E-state index is 0.116. The molecule has 0 aliphatic heterocycles. The zero-order chi connectivity index (χ0) is 13.6. The van der Waals surface area contributed by atoms with E-state index >= 15 is 0 Å². The summed E-state index contributed by atoms with van der Waals surface area (Å²) in [6.45, 7) is 2.98. The van der Waals surface area contributed by atoms with Gasteiger partial charge in [0.05, 0.1) is 6.54 Å². The SMILES string of the molecule is CCC(N)C(N(CC)CC(=O)NC)C(F)(F)F. The molecular weight excluding hydrogens is 235 g/mol. The number of alkyl halides is 3. The third kappa shape index (κ3) is 4.91. The fraction of sp³-hybridized carbons (Fsp3) is 0.900. The first kappa shape index (κ1) is 16.2. The van der Waals surface area contributed by atoms with Crippen LogP contribution in [0.2, 0.25) is 0 Å². The Morgan fingerprint density at radius 3 is 2.24 bits per heavy atom. The summed E-state index contributed by atoms with van der Waals surface area (Å²) in [4.78, 5) is 12.2. The van der Waals surface area contributed by atoms with Gasteiger partial charge < -0.3 is 11.1 Å². The molecule has 1 amide bonds. The standard InChI is InChI=1S/C10H20F3N3O/c1-4-7(14)9(10(11,12)13)16(5-2)6-8(17)15-3/h7,9H,4-6,14H2,1-3H3,(H,15,17). The first-order valence-corrected chi connectivity index (χ1v) is 5.54. The molecular formula is C10H20F3N3O. The average Bonchev–Trinajstić information content (AvgIpc) is 2.25. The highest BCUT2D eigenvalue weighted by molar-refractivity contribution is 5.77. The largest absolute Gasteiger partial charge is 0.405 e. The lowest BCUT2D eigenvalue weighted by atomic mass is 10.0. The van der Waals surface area contributed by atoms with Crippen molar-refractivity contribution in [1.29, 1.82) is 0 Å². The predicted octanol–water partition coefficient (Wildman–Crippen LogP) is 0.722. The van der Waals surface area contributed by atoms with E-state index in [1.165, 1.54) is 7.05 Å². The van der Waals surface area contributed by atoms with Crippen LogP contribution in [0.1, 0.15) is 20.3 Å². The van der Waals surface area contributed by atoms with Crippen LogP contribution in [-0.2, 0) is 4.79 Å². The van der Waals surface area contributed by atoms with Gasteiger partial charge in [0.25, 0.3) is 0 Å². The molecule has 2 atom stereocenters. The molecule has 0 aliphatic carbocycles. The predicted molar refractivity (Wildman–Crippen MR) is 59.4 cm³/mol. The summed E-state index contributed by atoms with van der Waals surface area (Å²) < 4.78 is 38.7. The van der Waals surface area contributed by atoms with Crippen LogP contribution in [-0.4, -0.2) is 49.2 Å². The molecule has 0 aromatic rings. The van der Waals surface area contributed by atoms with Crippen molar-refractivity contribution in [2.24, 2.45) is 5.73 Å². The maximum atomic E-state index is 12.9. The zero-order valence-corrected chi connectivity index (χ0v) is 10.3. The van der Waals surface area contributed by atoms with Crippen LogP contribution < -0.4 is 11.1 Å². The molecule has 0 spiro atoms. The lowest BCUT2D eigenvalue weighted by molar-refractivity contribution is -0.189. The number of likely N-dealkylation sites (N-methyl/N-ethyl adjacent to an activating group) is 2.